The lowest BCUT2D eigenvalue weighted by molar-refractivity contribution is 0.0697. The third kappa shape index (κ3) is 4.10. The van der Waals surface area contributed by atoms with Crippen molar-refractivity contribution < 1.29 is 19.8 Å². The molecule has 0 radical (unpaired) electrons. The molecule has 1 aromatic carbocycles. The average molecular weight is 278 g/mol. The summed E-state index contributed by atoms with van der Waals surface area (Å²) >= 11 is 0. The Bertz CT molecular complexity index is 514. The van der Waals surface area contributed by atoms with Gasteiger partial charge in [0.15, 0.2) is 0 Å². The SMILES string of the molecule is C=CCN(CCO)C(=O)Nc1cc(C(=O)O)ccc1C. The molecule has 0 unspecified atom stereocenters. The molecule has 0 aromatic heterocycles. The summed E-state index contributed by atoms with van der Waals surface area (Å²) in [6.07, 6.45) is 1.55. The van der Waals surface area contributed by atoms with Crippen LogP contribution in [0.15, 0.2) is 30.9 Å². The number of nitrogens with zero attached hydrogens (tertiary/aromatic N) is 1. The number of rotatable bonds is 6. The number of benzene rings is 1. The van der Waals surface area contributed by atoms with Crippen LogP contribution in [0.1, 0.15) is 15.9 Å². The summed E-state index contributed by atoms with van der Waals surface area (Å²) in [4.78, 5) is 24.3. The van der Waals surface area contributed by atoms with Crippen LogP contribution < -0.4 is 5.32 Å². The predicted molar refractivity (Wildman–Crippen MR) is 76.0 cm³/mol. The molecule has 0 aliphatic rings. The van der Waals surface area contributed by atoms with E-state index in [-0.39, 0.29) is 18.7 Å². The van der Waals surface area contributed by atoms with Crippen molar-refractivity contribution >= 4 is 17.7 Å². The number of carbonyl (C=O) groups is 2. The monoisotopic (exact) mass is 278 g/mol. The zero-order valence-electron chi connectivity index (χ0n) is 11.3. The Balaban J connectivity index is 2.90. The molecule has 108 valence electrons. The highest BCUT2D eigenvalue weighted by molar-refractivity contribution is 5.94. The lowest BCUT2D eigenvalue weighted by atomic mass is 10.1. The Morgan fingerprint density at radius 3 is 2.70 bits per heavy atom. The van der Waals surface area contributed by atoms with E-state index in [1.165, 1.54) is 17.0 Å². The van der Waals surface area contributed by atoms with Crippen LogP contribution in [0.2, 0.25) is 0 Å². The third-order valence-corrected chi connectivity index (χ3v) is 2.73. The minimum atomic E-state index is -1.06. The van der Waals surface area contributed by atoms with Crippen molar-refractivity contribution in [3.63, 3.8) is 0 Å². The first-order valence-corrected chi connectivity index (χ1v) is 6.11. The molecule has 0 saturated carbocycles. The molecule has 1 rings (SSSR count). The van der Waals surface area contributed by atoms with Crippen LogP contribution in [0.5, 0.6) is 0 Å². The van der Waals surface area contributed by atoms with Gasteiger partial charge in [0.25, 0.3) is 0 Å². The van der Waals surface area contributed by atoms with Gasteiger partial charge in [-0.2, -0.15) is 0 Å². The molecule has 0 atom stereocenters. The molecule has 20 heavy (non-hydrogen) atoms. The van der Waals surface area contributed by atoms with Crippen molar-refractivity contribution in [2.75, 3.05) is 25.0 Å². The van der Waals surface area contributed by atoms with Gasteiger partial charge in [0.1, 0.15) is 0 Å². The highest BCUT2D eigenvalue weighted by atomic mass is 16.4. The van der Waals surface area contributed by atoms with E-state index in [1.54, 1.807) is 19.1 Å². The van der Waals surface area contributed by atoms with E-state index in [9.17, 15) is 9.59 Å². The molecule has 0 aliphatic carbocycles. The number of hydrogen-bond donors (Lipinski definition) is 3. The molecule has 0 spiro atoms. The van der Waals surface area contributed by atoms with Gasteiger partial charge in [-0.05, 0) is 24.6 Å². The predicted octanol–water partition coefficient (Wildman–Crippen LogP) is 1.71. The largest absolute Gasteiger partial charge is 0.478 e. The molecule has 2 amide bonds. The van der Waals surface area contributed by atoms with Gasteiger partial charge in [0, 0.05) is 18.8 Å². The zero-order valence-corrected chi connectivity index (χ0v) is 11.3. The number of anilines is 1. The quantitative estimate of drug-likeness (QED) is 0.691. The van der Waals surface area contributed by atoms with Crippen LogP contribution in [0.4, 0.5) is 10.5 Å². The van der Waals surface area contributed by atoms with Gasteiger partial charge >= 0.3 is 12.0 Å². The summed E-state index contributed by atoms with van der Waals surface area (Å²) in [5.41, 5.74) is 1.29. The lowest BCUT2D eigenvalue weighted by Gasteiger charge is -2.21. The van der Waals surface area contributed by atoms with Crippen molar-refractivity contribution in [2.24, 2.45) is 0 Å². The number of nitrogens with one attached hydrogen (secondary N) is 1. The molecule has 0 bridgehead atoms. The number of hydrogen-bond acceptors (Lipinski definition) is 3. The first kappa shape index (κ1) is 15.7. The molecule has 1 aromatic rings. The third-order valence-electron chi connectivity index (χ3n) is 2.73. The van der Waals surface area contributed by atoms with Gasteiger partial charge in [0.2, 0.25) is 0 Å². The minimum absolute atomic E-state index is 0.100. The van der Waals surface area contributed by atoms with E-state index in [4.69, 9.17) is 10.2 Å². The highest BCUT2D eigenvalue weighted by Gasteiger charge is 2.14. The van der Waals surface area contributed by atoms with Crippen LogP contribution in [-0.2, 0) is 0 Å². The topological polar surface area (TPSA) is 89.9 Å². The number of carboxylic acids is 1. The Kier molecular flexibility index (Phi) is 5.74. The van der Waals surface area contributed by atoms with Crippen LogP contribution in [0, 0.1) is 6.92 Å². The molecule has 0 saturated heterocycles. The molecule has 0 aliphatic heterocycles. The molecule has 6 nitrogen and oxygen atoms in total. The Morgan fingerprint density at radius 2 is 2.15 bits per heavy atom. The molecule has 3 N–H and O–H groups in total. The van der Waals surface area contributed by atoms with Gasteiger partial charge in [-0.15, -0.1) is 6.58 Å². The van der Waals surface area contributed by atoms with E-state index in [1.807, 2.05) is 0 Å². The number of aromatic carboxylic acids is 1. The Morgan fingerprint density at radius 1 is 1.45 bits per heavy atom. The molecule has 0 heterocycles. The number of carboxylic acid groups (broad SMARTS) is 1. The summed E-state index contributed by atoms with van der Waals surface area (Å²) in [7, 11) is 0. The molecular weight excluding hydrogens is 260 g/mol. The number of carbonyl (C=O) groups excluding carboxylic acids is 1. The number of aliphatic hydroxyl groups is 1. The van der Waals surface area contributed by atoms with E-state index < -0.39 is 12.0 Å². The fourth-order valence-corrected chi connectivity index (χ4v) is 1.64. The second-order valence-corrected chi connectivity index (χ2v) is 4.22. The maximum atomic E-state index is 12.0. The van der Waals surface area contributed by atoms with Gasteiger partial charge in [-0.1, -0.05) is 12.1 Å². The maximum absolute atomic E-state index is 12.0. The number of urea groups is 1. The van der Waals surface area contributed by atoms with E-state index in [2.05, 4.69) is 11.9 Å². The minimum Gasteiger partial charge on any atom is -0.478 e. The summed E-state index contributed by atoms with van der Waals surface area (Å²) in [6, 6.07) is 4.09. The summed E-state index contributed by atoms with van der Waals surface area (Å²) in [5, 5.41) is 20.5. The lowest BCUT2D eigenvalue weighted by Crippen LogP contribution is -2.37. The zero-order chi connectivity index (χ0) is 15.1. The summed E-state index contributed by atoms with van der Waals surface area (Å²) in [6.45, 7) is 5.63. The molecule has 0 fully saturated rings. The number of aryl methyl sites for hydroxylation is 1. The van der Waals surface area contributed by atoms with E-state index in [0.717, 1.165) is 5.56 Å². The van der Waals surface area contributed by atoms with Crippen molar-refractivity contribution in [3.8, 4) is 0 Å². The maximum Gasteiger partial charge on any atom is 0.335 e. The number of aliphatic hydroxyl groups excluding tert-OH is 1. The van der Waals surface area contributed by atoms with Crippen molar-refractivity contribution in [1.82, 2.24) is 4.90 Å². The first-order valence-electron chi connectivity index (χ1n) is 6.11. The fraction of sp³-hybridized carbons (Fsp3) is 0.286. The second kappa shape index (κ2) is 7.30. The number of amides is 2. The Hall–Kier alpha value is -2.34. The van der Waals surface area contributed by atoms with Crippen molar-refractivity contribution in [3.05, 3.63) is 42.0 Å². The van der Waals surface area contributed by atoms with Gasteiger partial charge in [-0.25, -0.2) is 9.59 Å². The summed E-state index contributed by atoms with van der Waals surface area (Å²) in [5.74, 6) is -1.06. The summed E-state index contributed by atoms with van der Waals surface area (Å²) < 4.78 is 0. The molecule has 6 heteroatoms. The highest BCUT2D eigenvalue weighted by Crippen LogP contribution is 2.17. The van der Waals surface area contributed by atoms with Crippen molar-refractivity contribution in [2.45, 2.75) is 6.92 Å². The second-order valence-electron chi connectivity index (χ2n) is 4.22. The van der Waals surface area contributed by atoms with Crippen LogP contribution in [-0.4, -0.2) is 46.8 Å². The van der Waals surface area contributed by atoms with Crippen molar-refractivity contribution in [1.29, 1.82) is 0 Å². The van der Waals surface area contributed by atoms with E-state index >= 15 is 0 Å². The van der Waals surface area contributed by atoms with Gasteiger partial charge in [0.05, 0.1) is 12.2 Å². The Labute approximate surface area is 117 Å². The van der Waals surface area contributed by atoms with Gasteiger partial charge in [-0.3, -0.25) is 0 Å². The van der Waals surface area contributed by atoms with Crippen LogP contribution in [0.25, 0.3) is 0 Å². The van der Waals surface area contributed by atoms with E-state index in [0.29, 0.717) is 12.2 Å². The standard InChI is InChI=1S/C14H18N2O4/c1-3-6-16(7-8-17)14(20)15-12-9-11(13(18)19)5-4-10(12)2/h3-5,9,17H,1,6-8H2,2H3,(H,15,20)(H,18,19). The van der Waals surface area contributed by atoms with Gasteiger partial charge < -0.3 is 20.4 Å². The van der Waals surface area contributed by atoms with Crippen LogP contribution in [0.3, 0.4) is 0 Å². The molecular formula is C14H18N2O4. The normalized spacial score (nSPS) is 9.90. The van der Waals surface area contributed by atoms with Crippen LogP contribution >= 0.6 is 0 Å². The smallest absolute Gasteiger partial charge is 0.335 e. The fourth-order valence-electron chi connectivity index (χ4n) is 1.64. The average Bonchev–Trinajstić information content (AvgIpc) is 2.40. The first-order chi connectivity index (χ1) is 9.49.